The Balaban J connectivity index is 0.745. The number of aliphatic hydroxyl groups excluding tert-OH is 16. The Morgan fingerprint density at radius 3 is 1.24 bits per heavy atom. The fourth-order valence-electron chi connectivity index (χ4n) is 14.4. The topological polar surface area (TPSA) is 808 Å². The molecule has 0 aliphatic carbocycles. The van der Waals surface area contributed by atoms with Gasteiger partial charge in [0.05, 0.1) is 201 Å². The van der Waals surface area contributed by atoms with Crippen LogP contribution in [0.5, 0.6) is 5.75 Å². The van der Waals surface area contributed by atoms with Gasteiger partial charge in [-0.05, 0) is 25.7 Å². The van der Waals surface area contributed by atoms with Gasteiger partial charge >= 0.3 is 17.9 Å². The van der Waals surface area contributed by atoms with E-state index in [2.05, 4.69) is 57.3 Å². The Kier molecular flexibility index (Phi) is 54.0. The molecule has 1 unspecified atom stereocenters. The van der Waals surface area contributed by atoms with Gasteiger partial charge in [-0.1, -0.05) is 10.4 Å². The molecule has 1 aromatic carbocycles. The first kappa shape index (κ1) is 122. The number of aliphatic carboxylic acids is 2. The molecule has 56 nitrogen and oxygen atoms in total. The molecule has 2 aromatic heterocycles. The smallest absolute Gasteiger partial charge is 0.364 e. The number of amides is 6. The Labute approximate surface area is 817 Å². The van der Waals surface area contributed by atoms with Crippen molar-refractivity contribution in [1.82, 2.24) is 61.9 Å². The maximum atomic E-state index is 13.8. The van der Waals surface area contributed by atoms with Crippen molar-refractivity contribution in [2.45, 2.75) is 230 Å². The average molecular weight is 2090 g/mol. The molecule has 0 saturated carbocycles. The molecular formula is C83H129F5N12O44. The van der Waals surface area contributed by atoms with E-state index in [1.165, 1.54) is 9.36 Å². The zero-order valence-corrected chi connectivity index (χ0v) is 78.0. The summed E-state index contributed by atoms with van der Waals surface area (Å²) >= 11 is 0. The number of nitrogens with one attached hydrogen (secondary N) is 6. The fraction of sp³-hybridized carbons (Fsp3) is 0.771. The Hall–Kier alpha value is -8.90. The molecule has 144 heavy (non-hydrogen) atoms. The van der Waals surface area contributed by atoms with Crippen LogP contribution in [0.15, 0.2) is 12.4 Å². The molecule has 6 heterocycles. The lowest BCUT2D eigenvalue weighted by Crippen LogP contribution is -2.68. The number of carboxylic acids is 2. The molecule has 0 radical (unpaired) electrons. The standard InChI is InChI=1S/C83H129F5N12O44/c84-59-60(85)62(87)74(63(88)61(59)86)142-58(114)10-18-130-26-30-134-32-33-135-31-27-131-21-13-91-77(123)46(4-1-2-11-89-53(109)8-16-128-24-28-132-22-14-99-36-44(95-97-99)6-19-136-78-72(121)70(119)68(117)51(140-78)42-138-82(80(124)125)34-47(105)64(93-56(112)40-103)75(143-82)66(115)49(107)38-101)92-55(111)5-3-12-90-54(110)9-17-129-25-29-133-23-15-100-37-45(96-98-100)7-20-137-79-73(122)71(120)69(118)52(141-79)43-139-83(81(126)127)35-48(106)65(94-57(113)41-104)76(144-83)67(116)50(108)39-102/h36-37,46-52,64-73,75-76,78-79,101-108,115-122H,1-35,38-43H2,(H,89,109)(H,90,110)(H,91,123)(H,92,111)(H,93,112)(H,94,113)(H,124,125)(H,126,127)/t46-,47-,48-,49+,50+,51+,52?,64+,65+,66+,67+,68-,69-,70-,71-,72+,73+,75+,76+,78+,79+,82-,83-/m0/s1. The molecule has 4 saturated heterocycles. The van der Waals surface area contributed by atoms with Gasteiger partial charge in [0.15, 0.2) is 12.6 Å². The summed E-state index contributed by atoms with van der Waals surface area (Å²) in [6, 6.07) is -4.31. The van der Waals surface area contributed by atoms with Crippen LogP contribution in [-0.2, 0) is 145 Å². The zero-order chi connectivity index (χ0) is 106. The third kappa shape index (κ3) is 39.0. The first-order valence-corrected chi connectivity index (χ1v) is 45.9. The summed E-state index contributed by atoms with van der Waals surface area (Å²) < 4.78 is 164. The molecule has 4 fully saturated rings. The van der Waals surface area contributed by atoms with Crippen molar-refractivity contribution in [3.8, 4) is 5.75 Å². The number of aliphatic hydroxyl groups is 16. The van der Waals surface area contributed by atoms with Crippen LogP contribution in [0.4, 0.5) is 22.0 Å². The van der Waals surface area contributed by atoms with Crippen molar-refractivity contribution < 1.29 is 238 Å². The van der Waals surface area contributed by atoms with Crippen LogP contribution < -0.4 is 36.6 Å². The molecule has 7 rings (SSSR count). The van der Waals surface area contributed by atoms with E-state index in [0.29, 0.717) is 24.2 Å². The molecule has 4 aliphatic rings. The summed E-state index contributed by atoms with van der Waals surface area (Å²) in [6.07, 6.45) is -32.1. The van der Waals surface area contributed by atoms with Crippen molar-refractivity contribution >= 4 is 53.4 Å². The fourth-order valence-corrected chi connectivity index (χ4v) is 14.4. The summed E-state index contributed by atoms with van der Waals surface area (Å²) in [4.78, 5) is 113. The number of carbonyl (C=O) groups is 9. The third-order valence-electron chi connectivity index (χ3n) is 22.2. The first-order chi connectivity index (χ1) is 68.8. The molecule has 3 aromatic rings. The Bertz CT molecular complexity index is 4360. The van der Waals surface area contributed by atoms with Gasteiger partial charge in [-0.15, -0.1) is 10.2 Å². The normalized spacial score (nSPS) is 25.5. The van der Waals surface area contributed by atoms with E-state index < -0.39 is 275 Å². The number of nitrogens with zero attached hydrogens (tertiary/aromatic N) is 6. The second kappa shape index (κ2) is 63.7. The monoisotopic (exact) mass is 2090 g/mol. The van der Waals surface area contributed by atoms with E-state index in [1.54, 1.807) is 12.4 Å². The van der Waals surface area contributed by atoms with Gasteiger partial charge < -0.3 is 204 Å². The minimum absolute atomic E-state index is 0.00504. The van der Waals surface area contributed by atoms with E-state index in [0.717, 1.165) is 0 Å². The quantitative estimate of drug-likeness (QED) is 0.00623. The van der Waals surface area contributed by atoms with Gasteiger partial charge in [0.1, 0.15) is 105 Å². The predicted molar refractivity (Wildman–Crippen MR) is 459 cm³/mol. The summed E-state index contributed by atoms with van der Waals surface area (Å²) in [6.45, 7) is -4.80. The van der Waals surface area contributed by atoms with Crippen LogP contribution in [0.3, 0.4) is 0 Å². The largest absolute Gasteiger partial charge is 0.477 e. The lowest BCUT2D eigenvalue weighted by molar-refractivity contribution is -0.338. The second-order valence-corrected chi connectivity index (χ2v) is 32.9. The van der Waals surface area contributed by atoms with Crippen molar-refractivity contribution in [2.24, 2.45) is 0 Å². The molecule has 0 bridgehead atoms. The SMILES string of the molecule is O=C(CCOCCOCCn1cc(CCO[C@@H]2O[C@H](CO[C@@]3(C(=O)O)C[C@H](O)[C@@H](NC(=O)CO)[C@H]([C@H](O)[C@H](O)CO)O3)[C@H](O)[C@H](O)[C@H]2O)nn1)NCCCC[C@H](NC(=O)CCCNC(=O)CCOCCOCCn1cc(CCO[C@@H]2OC(CO[C@@]3(C(=O)O)C[C@H](O)[C@@H](NC(=O)CO)[C@H]([C@H](O)[C@H](O)CO)O3)[C@H](O)[C@H](O)[C@H]2O)nn1)C(=O)NCCOCCOCCOCCOCCC(=O)Oc1c(F)c(F)c(F)c(F)c1F. The number of carboxylic acid groups (broad SMARTS) is 2. The molecule has 6 amide bonds. The lowest BCUT2D eigenvalue weighted by Gasteiger charge is -2.47. The average Bonchev–Trinajstić information content (AvgIpc) is 0.849. The van der Waals surface area contributed by atoms with E-state index >= 15 is 0 Å². The van der Waals surface area contributed by atoms with Crippen LogP contribution in [0.25, 0.3) is 0 Å². The minimum Gasteiger partial charge on any atom is -0.477 e. The maximum Gasteiger partial charge on any atom is 0.364 e. The van der Waals surface area contributed by atoms with Crippen LogP contribution in [0.2, 0.25) is 0 Å². The number of aromatic nitrogens is 6. The highest BCUT2D eigenvalue weighted by Gasteiger charge is 2.59. The molecule has 24 N–H and O–H groups in total. The number of halogens is 5. The summed E-state index contributed by atoms with van der Waals surface area (Å²) in [5, 5.41) is 217. The van der Waals surface area contributed by atoms with Gasteiger partial charge in [-0.25, -0.2) is 32.1 Å². The van der Waals surface area contributed by atoms with Crippen LogP contribution in [0, 0.1) is 29.1 Å². The van der Waals surface area contributed by atoms with Crippen molar-refractivity contribution in [1.29, 1.82) is 0 Å². The summed E-state index contributed by atoms with van der Waals surface area (Å²) in [7, 11) is 0. The van der Waals surface area contributed by atoms with Gasteiger partial charge in [-0.2, -0.15) is 8.78 Å². The zero-order valence-electron chi connectivity index (χ0n) is 78.0. The number of hydrogen-bond acceptors (Lipinski definition) is 46. The molecular weight excluding hydrogens is 1960 g/mol. The molecule has 4 aliphatic heterocycles. The van der Waals surface area contributed by atoms with Crippen molar-refractivity contribution in [3.05, 3.63) is 52.9 Å². The van der Waals surface area contributed by atoms with Crippen molar-refractivity contribution in [2.75, 3.05) is 178 Å². The highest BCUT2D eigenvalue weighted by atomic mass is 19.2. The van der Waals surface area contributed by atoms with Crippen LogP contribution >= 0.6 is 0 Å². The number of esters is 1. The summed E-state index contributed by atoms with van der Waals surface area (Å²) in [5.41, 5.74) is 0.800. The Morgan fingerprint density at radius 2 is 0.826 bits per heavy atom. The molecule has 23 atom stereocenters. The van der Waals surface area contributed by atoms with Gasteiger partial charge in [0, 0.05) is 77.0 Å². The molecule has 820 valence electrons. The van der Waals surface area contributed by atoms with E-state index in [-0.39, 0.29) is 208 Å². The highest BCUT2D eigenvalue weighted by Crippen LogP contribution is 2.38. The van der Waals surface area contributed by atoms with E-state index in [1.807, 2.05) is 0 Å². The van der Waals surface area contributed by atoms with E-state index in [4.69, 9.17) is 75.8 Å². The van der Waals surface area contributed by atoms with Crippen molar-refractivity contribution in [3.63, 3.8) is 0 Å². The minimum atomic E-state index is -2.87. The van der Waals surface area contributed by atoms with Gasteiger partial charge in [0.2, 0.25) is 70.3 Å². The number of hydrogen-bond donors (Lipinski definition) is 24. The first-order valence-electron chi connectivity index (χ1n) is 45.9. The van der Waals surface area contributed by atoms with Gasteiger partial charge in [0.25, 0.3) is 11.6 Å². The van der Waals surface area contributed by atoms with Crippen LogP contribution in [-0.4, -0.2) is 493 Å². The summed E-state index contributed by atoms with van der Waals surface area (Å²) in [5.74, 6) is -28.1. The Morgan fingerprint density at radius 1 is 0.438 bits per heavy atom. The maximum absolute atomic E-state index is 13.8. The lowest BCUT2D eigenvalue weighted by atomic mass is 9.88. The number of carbonyl (C=O) groups excluding carboxylic acids is 7. The number of rotatable bonds is 71. The highest BCUT2D eigenvalue weighted by molar-refractivity contribution is 5.87. The number of ether oxygens (including phenoxy) is 17. The number of benzene rings is 1. The van der Waals surface area contributed by atoms with Crippen LogP contribution in [0.1, 0.15) is 75.6 Å². The molecule has 61 heteroatoms. The molecule has 0 spiro atoms. The second-order valence-electron chi connectivity index (χ2n) is 32.9. The third-order valence-corrected chi connectivity index (χ3v) is 22.2. The number of unbranched alkanes of at least 4 members (excludes halogenated alkanes) is 1. The van der Waals surface area contributed by atoms with E-state index in [9.17, 15) is 157 Å². The van der Waals surface area contributed by atoms with Gasteiger partial charge in [-0.3, -0.25) is 33.6 Å². The predicted octanol–water partition coefficient (Wildman–Crippen LogP) is -12.0.